The number of H-pyrrole nitrogens is 1. The van der Waals surface area contributed by atoms with Crippen molar-refractivity contribution in [3.05, 3.63) is 28.3 Å². The van der Waals surface area contributed by atoms with Crippen molar-refractivity contribution in [3.63, 3.8) is 0 Å². The first-order valence-electron chi connectivity index (χ1n) is 8.00. The lowest BCUT2D eigenvalue weighted by molar-refractivity contribution is 0.264. The molecule has 3 rings (SSSR count). The molecule has 114 valence electrons. The third-order valence-electron chi connectivity index (χ3n) is 4.88. The first-order valence-corrected chi connectivity index (χ1v) is 8.41. The van der Waals surface area contributed by atoms with Crippen molar-refractivity contribution in [2.45, 2.75) is 58.4 Å². The van der Waals surface area contributed by atoms with Gasteiger partial charge in [-0.1, -0.05) is 19.8 Å². The van der Waals surface area contributed by atoms with E-state index in [2.05, 4.69) is 16.5 Å². The molecule has 4 heteroatoms. The molecule has 1 aromatic carbocycles. The summed E-state index contributed by atoms with van der Waals surface area (Å²) < 4.78 is 16.7. The number of benzene rings is 1. The molecule has 2 nitrogen and oxygen atoms in total. The van der Waals surface area contributed by atoms with Crippen molar-refractivity contribution in [2.75, 3.05) is 0 Å². The van der Waals surface area contributed by atoms with Gasteiger partial charge in [-0.15, -0.1) is 0 Å². The Balaban J connectivity index is 1.92. The fourth-order valence-electron chi connectivity index (χ4n) is 3.71. The third-order valence-corrected chi connectivity index (χ3v) is 5.17. The van der Waals surface area contributed by atoms with Crippen molar-refractivity contribution in [3.8, 4) is 0 Å². The second-order valence-electron chi connectivity index (χ2n) is 6.38. The van der Waals surface area contributed by atoms with Crippen molar-refractivity contribution < 1.29 is 4.39 Å². The molecular weight excluding hydrogens is 283 g/mol. The molecule has 1 aliphatic carbocycles. The lowest BCUT2D eigenvalue weighted by Crippen LogP contribution is -2.18. The normalized spacial score (nSPS) is 22.8. The minimum Gasteiger partial charge on any atom is -0.330 e. The quantitative estimate of drug-likeness (QED) is 0.724. The summed E-state index contributed by atoms with van der Waals surface area (Å²) in [4.78, 5) is 3.17. The maximum atomic E-state index is 13.7. The highest BCUT2D eigenvalue weighted by Gasteiger charge is 2.23. The summed E-state index contributed by atoms with van der Waals surface area (Å²) in [6.45, 7) is 4.08. The molecule has 0 aliphatic heterocycles. The summed E-state index contributed by atoms with van der Waals surface area (Å²) in [5.74, 6) is 0.711. The maximum Gasteiger partial charge on any atom is 0.178 e. The molecule has 0 amide bonds. The Morgan fingerprint density at radius 1 is 1.29 bits per heavy atom. The average molecular weight is 306 g/mol. The van der Waals surface area contributed by atoms with E-state index in [1.165, 1.54) is 38.5 Å². The van der Waals surface area contributed by atoms with Gasteiger partial charge in [0.25, 0.3) is 0 Å². The Bertz CT molecular complexity index is 693. The van der Waals surface area contributed by atoms with E-state index in [9.17, 15) is 4.39 Å². The van der Waals surface area contributed by atoms with Gasteiger partial charge in [0.2, 0.25) is 0 Å². The van der Waals surface area contributed by atoms with Crippen molar-refractivity contribution >= 4 is 23.3 Å². The van der Waals surface area contributed by atoms with Crippen LogP contribution in [-0.2, 0) is 0 Å². The topological polar surface area (TPSA) is 20.7 Å². The number of halogens is 1. The molecule has 0 saturated heterocycles. The van der Waals surface area contributed by atoms with Gasteiger partial charge in [-0.2, -0.15) is 0 Å². The highest BCUT2D eigenvalue weighted by Crippen LogP contribution is 2.36. The van der Waals surface area contributed by atoms with Crippen LogP contribution in [0.25, 0.3) is 11.0 Å². The largest absolute Gasteiger partial charge is 0.330 e. The van der Waals surface area contributed by atoms with Gasteiger partial charge >= 0.3 is 0 Å². The second-order valence-corrected chi connectivity index (χ2v) is 6.77. The van der Waals surface area contributed by atoms with Crippen molar-refractivity contribution in [1.29, 1.82) is 0 Å². The molecular formula is C17H23FN2S. The van der Waals surface area contributed by atoms with Crippen LogP contribution in [0.3, 0.4) is 0 Å². The van der Waals surface area contributed by atoms with Gasteiger partial charge in [-0.3, -0.25) is 0 Å². The molecule has 1 aliphatic rings. The van der Waals surface area contributed by atoms with Gasteiger partial charge in [0.05, 0.1) is 11.0 Å². The molecule has 1 saturated carbocycles. The predicted molar refractivity (Wildman–Crippen MR) is 87.7 cm³/mol. The molecule has 0 spiro atoms. The van der Waals surface area contributed by atoms with E-state index in [1.807, 2.05) is 13.0 Å². The van der Waals surface area contributed by atoms with Crippen LogP contribution in [0.2, 0.25) is 0 Å². The zero-order valence-electron chi connectivity index (χ0n) is 12.8. The average Bonchev–Trinajstić information content (AvgIpc) is 2.76. The molecule has 1 N–H and O–H groups in total. The molecule has 1 heterocycles. The molecule has 0 unspecified atom stereocenters. The molecule has 0 atom stereocenters. The highest BCUT2D eigenvalue weighted by atomic mass is 32.1. The monoisotopic (exact) mass is 306 g/mol. The Kier molecular flexibility index (Phi) is 4.16. The number of nitrogens with zero attached hydrogens (tertiary/aromatic N) is 1. The van der Waals surface area contributed by atoms with Gasteiger partial charge in [0.1, 0.15) is 5.82 Å². The maximum absolute atomic E-state index is 13.7. The summed E-state index contributed by atoms with van der Waals surface area (Å²) in [6, 6.07) is 3.96. The van der Waals surface area contributed by atoms with Crippen LogP contribution >= 0.6 is 12.2 Å². The van der Waals surface area contributed by atoms with Crippen LogP contribution in [0.15, 0.2) is 12.1 Å². The standard InChI is InChI=1S/C17H23FN2S/c1-3-4-12-5-7-13(8-6-12)20-16-9-11(2)14(18)10-15(16)19-17(20)21/h9-10,12-13H,3-8H2,1-2H3,(H,19,21). The van der Waals surface area contributed by atoms with Crippen LogP contribution in [0.1, 0.15) is 57.1 Å². The van der Waals surface area contributed by atoms with Gasteiger partial charge < -0.3 is 9.55 Å². The molecule has 0 radical (unpaired) electrons. The number of aromatic amines is 1. The lowest BCUT2D eigenvalue weighted by atomic mass is 9.83. The van der Waals surface area contributed by atoms with Crippen LogP contribution in [0, 0.1) is 23.4 Å². The highest BCUT2D eigenvalue weighted by molar-refractivity contribution is 7.71. The van der Waals surface area contributed by atoms with Crippen molar-refractivity contribution in [1.82, 2.24) is 9.55 Å². The van der Waals surface area contributed by atoms with Gasteiger partial charge in [-0.05, 0) is 68.4 Å². The van der Waals surface area contributed by atoms with Gasteiger partial charge in [0.15, 0.2) is 4.77 Å². The minimum absolute atomic E-state index is 0.169. The zero-order chi connectivity index (χ0) is 15.0. The van der Waals surface area contributed by atoms with E-state index in [1.54, 1.807) is 6.07 Å². The van der Waals surface area contributed by atoms with E-state index >= 15 is 0 Å². The number of aromatic nitrogens is 2. The Hall–Kier alpha value is -1.16. The zero-order valence-corrected chi connectivity index (χ0v) is 13.6. The molecule has 1 aromatic heterocycles. The van der Waals surface area contributed by atoms with Crippen LogP contribution in [0.5, 0.6) is 0 Å². The Morgan fingerprint density at radius 2 is 2.00 bits per heavy atom. The van der Waals surface area contributed by atoms with Crippen LogP contribution < -0.4 is 0 Å². The van der Waals surface area contributed by atoms with Crippen molar-refractivity contribution in [2.24, 2.45) is 5.92 Å². The Morgan fingerprint density at radius 3 is 2.67 bits per heavy atom. The number of hydrogen-bond donors (Lipinski definition) is 1. The van der Waals surface area contributed by atoms with E-state index < -0.39 is 0 Å². The number of fused-ring (bicyclic) bond motifs is 1. The SMILES string of the molecule is CCCC1CCC(n2c(=S)[nH]c3cc(F)c(C)cc32)CC1. The first kappa shape index (κ1) is 14.8. The van der Waals surface area contributed by atoms with Gasteiger partial charge in [-0.25, -0.2) is 4.39 Å². The summed E-state index contributed by atoms with van der Waals surface area (Å²) in [5.41, 5.74) is 2.56. The lowest BCUT2D eigenvalue weighted by Gasteiger charge is -2.29. The molecule has 1 fully saturated rings. The van der Waals surface area contributed by atoms with Crippen LogP contribution in [-0.4, -0.2) is 9.55 Å². The van der Waals surface area contributed by atoms with E-state index in [4.69, 9.17) is 12.2 Å². The first-order chi connectivity index (χ1) is 10.1. The minimum atomic E-state index is -0.169. The fourth-order valence-corrected chi connectivity index (χ4v) is 4.07. The molecule has 21 heavy (non-hydrogen) atoms. The number of aryl methyl sites for hydroxylation is 1. The second kappa shape index (κ2) is 5.91. The van der Waals surface area contributed by atoms with Crippen LogP contribution in [0.4, 0.5) is 4.39 Å². The molecule has 0 bridgehead atoms. The Labute approximate surface area is 130 Å². The summed E-state index contributed by atoms with van der Waals surface area (Å²) in [7, 11) is 0. The number of nitrogens with one attached hydrogen (secondary N) is 1. The van der Waals surface area contributed by atoms with Gasteiger partial charge in [0, 0.05) is 6.04 Å². The van der Waals surface area contributed by atoms with E-state index in [0.717, 1.165) is 21.7 Å². The van der Waals surface area contributed by atoms with E-state index in [-0.39, 0.29) is 5.82 Å². The smallest absolute Gasteiger partial charge is 0.178 e. The summed E-state index contributed by atoms with van der Waals surface area (Å²) in [5, 5.41) is 0. The number of imidazole rings is 1. The number of hydrogen-bond acceptors (Lipinski definition) is 1. The van der Waals surface area contributed by atoms with E-state index in [0.29, 0.717) is 11.6 Å². The number of rotatable bonds is 3. The predicted octanol–water partition coefficient (Wildman–Crippen LogP) is 5.68. The third kappa shape index (κ3) is 2.78. The summed E-state index contributed by atoms with van der Waals surface area (Å²) >= 11 is 5.49. The fraction of sp³-hybridized carbons (Fsp3) is 0.588. The molecule has 2 aromatic rings. The summed E-state index contributed by atoms with van der Waals surface area (Å²) in [6.07, 6.45) is 7.56.